The van der Waals surface area contributed by atoms with Crippen molar-refractivity contribution in [2.75, 3.05) is 13.2 Å². The van der Waals surface area contributed by atoms with Gasteiger partial charge in [-0.15, -0.1) is 0 Å². The van der Waals surface area contributed by atoms with E-state index < -0.39 is 0 Å². The fraction of sp³-hybridized carbons (Fsp3) is 0.200. The molecule has 0 saturated carbocycles. The standard InChI is InChI=1S/C15H15N3O2/c19-10-2-4-13-3-1-5-14(11-13)15(20)17-7-9-18-8-6-16-12-18/h1,3,5-6,8,11-12,19H,7,9-10H2,(H,17,20). The van der Waals surface area contributed by atoms with Gasteiger partial charge in [0.15, 0.2) is 0 Å². The van der Waals surface area contributed by atoms with Crippen LogP contribution in [-0.2, 0) is 6.54 Å². The molecular weight excluding hydrogens is 254 g/mol. The molecule has 0 atom stereocenters. The highest BCUT2D eigenvalue weighted by molar-refractivity contribution is 5.94. The van der Waals surface area contributed by atoms with E-state index in [1.165, 1.54) is 0 Å². The van der Waals surface area contributed by atoms with Crippen LogP contribution in [0.2, 0.25) is 0 Å². The Kier molecular flexibility index (Phi) is 4.93. The lowest BCUT2D eigenvalue weighted by atomic mass is 10.1. The number of hydrogen-bond acceptors (Lipinski definition) is 3. The molecule has 1 heterocycles. The van der Waals surface area contributed by atoms with E-state index in [0.717, 1.165) is 0 Å². The number of rotatable bonds is 4. The predicted octanol–water partition coefficient (Wildman–Crippen LogP) is 0.657. The normalized spacial score (nSPS) is 9.65. The largest absolute Gasteiger partial charge is 0.384 e. The Morgan fingerprint density at radius 2 is 2.35 bits per heavy atom. The zero-order valence-corrected chi connectivity index (χ0v) is 10.9. The molecule has 0 bridgehead atoms. The molecule has 1 aromatic carbocycles. The van der Waals surface area contributed by atoms with E-state index in [4.69, 9.17) is 5.11 Å². The molecule has 0 radical (unpaired) electrons. The fourth-order valence-electron chi connectivity index (χ4n) is 1.70. The highest BCUT2D eigenvalue weighted by Crippen LogP contribution is 2.04. The first-order chi connectivity index (χ1) is 9.79. The Bertz CT molecular complexity index is 624. The van der Waals surface area contributed by atoms with Crippen LogP contribution in [0.5, 0.6) is 0 Å². The Balaban J connectivity index is 1.91. The summed E-state index contributed by atoms with van der Waals surface area (Å²) in [6.07, 6.45) is 5.25. The maximum absolute atomic E-state index is 12.0. The molecule has 1 aromatic heterocycles. The molecule has 0 aliphatic heterocycles. The van der Waals surface area contributed by atoms with E-state index in [1.54, 1.807) is 36.8 Å². The molecule has 20 heavy (non-hydrogen) atoms. The molecule has 5 nitrogen and oxygen atoms in total. The number of aliphatic hydroxyl groups is 1. The van der Waals surface area contributed by atoms with E-state index in [-0.39, 0.29) is 12.5 Å². The summed E-state index contributed by atoms with van der Waals surface area (Å²) < 4.78 is 1.89. The molecule has 0 saturated heterocycles. The first-order valence-electron chi connectivity index (χ1n) is 6.23. The number of aromatic nitrogens is 2. The summed E-state index contributed by atoms with van der Waals surface area (Å²) in [5.74, 6) is 5.19. The SMILES string of the molecule is O=C(NCCn1ccnc1)c1cccc(C#CCO)c1. The number of carbonyl (C=O) groups is 1. The van der Waals surface area contributed by atoms with Gasteiger partial charge in [-0.25, -0.2) is 4.98 Å². The first-order valence-corrected chi connectivity index (χ1v) is 6.23. The van der Waals surface area contributed by atoms with Gasteiger partial charge in [0.25, 0.3) is 5.91 Å². The van der Waals surface area contributed by atoms with E-state index in [9.17, 15) is 4.79 Å². The van der Waals surface area contributed by atoms with Gasteiger partial charge >= 0.3 is 0 Å². The first kappa shape index (κ1) is 13.8. The van der Waals surface area contributed by atoms with E-state index in [1.807, 2.05) is 10.8 Å². The molecule has 102 valence electrons. The summed E-state index contributed by atoms with van der Waals surface area (Å²) in [5.41, 5.74) is 1.27. The number of amides is 1. The lowest BCUT2D eigenvalue weighted by molar-refractivity contribution is 0.0952. The number of hydrogen-bond donors (Lipinski definition) is 2. The van der Waals surface area contributed by atoms with Gasteiger partial charge < -0.3 is 15.0 Å². The molecule has 1 amide bonds. The van der Waals surface area contributed by atoms with Gasteiger partial charge in [0.1, 0.15) is 6.61 Å². The zero-order valence-electron chi connectivity index (χ0n) is 10.9. The summed E-state index contributed by atoms with van der Waals surface area (Å²) in [6.45, 7) is 1.01. The van der Waals surface area contributed by atoms with Gasteiger partial charge in [-0.05, 0) is 18.2 Å². The van der Waals surface area contributed by atoms with Crippen LogP contribution in [0, 0.1) is 11.8 Å². The quantitative estimate of drug-likeness (QED) is 0.801. The second kappa shape index (κ2) is 7.12. The van der Waals surface area contributed by atoms with Crippen molar-refractivity contribution in [2.45, 2.75) is 6.54 Å². The van der Waals surface area contributed by atoms with Crippen LogP contribution in [0.4, 0.5) is 0 Å². The minimum absolute atomic E-state index is 0.141. The molecule has 0 unspecified atom stereocenters. The van der Waals surface area contributed by atoms with Crippen LogP contribution >= 0.6 is 0 Å². The Labute approximate surface area is 117 Å². The summed E-state index contributed by atoms with van der Waals surface area (Å²) in [7, 11) is 0. The molecule has 2 rings (SSSR count). The van der Waals surface area contributed by atoms with E-state index in [0.29, 0.717) is 24.2 Å². The molecule has 0 aliphatic rings. The lowest BCUT2D eigenvalue weighted by Gasteiger charge is -2.06. The van der Waals surface area contributed by atoms with Crippen LogP contribution in [-0.4, -0.2) is 33.7 Å². The lowest BCUT2D eigenvalue weighted by Crippen LogP contribution is -2.27. The second-order valence-electron chi connectivity index (χ2n) is 4.10. The predicted molar refractivity (Wildman–Crippen MR) is 75.0 cm³/mol. The summed E-state index contributed by atoms with van der Waals surface area (Å²) in [6, 6.07) is 7.00. The highest BCUT2D eigenvalue weighted by Gasteiger charge is 2.04. The van der Waals surface area contributed by atoms with Crippen LogP contribution in [0.25, 0.3) is 0 Å². The van der Waals surface area contributed by atoms with Gasteiger partial charge in [-0.3, -0.25) is 4.79 Å². The van der Waals surface area contributed by atoms with Crippen LogP contribution < -0.4 is 5.32 Å². The molecule has 0 aliphatic carbocycles. The molecular formula is C15H15N3O2. The maximum Gasteiger partial charge on any atom is 0.251 e. The average molecular weight is 269 g/mol. The topological polar surface area (TPSA) is 67.2 Å². The Morgan fingerprint density at radius 1 is 1.45 bits per heavy atom. The van der Waals surface area contributed by atoms with Gasteiger partial charge in [0.2, 0.25) is 0 Å². The monoisotopic (exact) mass is 269 g/mol. The third-order valence-corrected chi connectivity index (χ3v) is 2.65. The van der Waals surface area contributed by atoms with Gasteiger partial charge in [-0.1, -0.05) is 17.9 Å². The summed E-state index contributed by atoms with van der Waals surface area (Å²) >= 11 is 0. The second-order valence-corrected chi connectivity index (χ2v) is 4.10. The van der Waals surface area contributed by atoms with Gasteiger partial charge in [-0.2, -0.15) is 0 Å². The van der Waals surface area contributed by atoms with Crippen LogP contribution in [0.1, 0.15) is 15.9 Å². The van der Waals surface area contributed by atoms with Crippen molar-refractivity contribution < 1.29 is 9.90 Å². The van der Waals surface area contributed by atoms with Crippen LogP contribution in [0.15, 0.2) is 43.0 Å². The van der Waals surface area contributed by atoms with Crippen molar-refractivity contribution in [3.05, 3.63) is 54.1 Å². The minimum atomic E-state index is -0.193. The van der Waals surface area contributed by atoms with Crippen molar-refractivity contribution in [1.82, 2.24) is 14.9 Å². The molecule has 2 aromatic rings. The molecule has 0 spiro atoms. The molecule has 5 heteroatoms. The van der Waals surface area contributed by atoms with Crippen molar-refractivity contribution in [3.8, 4) is 11.8 Å². The van der Waals surface area contributed by atoms with E-state index in [2.05, 4.69) is 22.1 Å². The van der Waals surface area contributed by atoms with Crippen molar-refractivity contribution >= 4 is 5.91 Å². The molecule has 0 fully saturated rings. The maximum atomic E-state index is 12.0. The molecule has 2 N–H and O–H groups in total. The summed E-state index contributed by atoms with van der Waals surface area (Å²) in [4.78, 5) is 15.9. The highest BCUT2D eigenvalue weighted by atomic mass is 16.2. The van der Waals surface area contributed by atoms with Crippen molar-refractivity contribution in [2.24, 2.45) is 0 Å². The number of nitrogens with zero attached hydrogens (tertiary/aromatic N) is 2. The number of nitrogens with one attached hydrogen (secondary N) is 1. The number of aliphatic hydroxyl groups excluding tert-OH is 1. The third-order valence-electron chi connectivity index (χ3n) is 2.65. The van der Waals surface area contributed by atoms with Crippen molar-refractivity contribution in [3.63, 3.8) is 0 Å². The zero-order chi connectivity index (χ0) is 14.2. The third kappa shape index (κ3) is 3.97. The van der Waals surface area contributed by atoms with E-state index >= 15 is 0 Å². The average Bonchev–Trinajstić information content (AvgIpc) is 2.98. The smallest absolute Gasteiger partial charge is 0.251 e. The fourth-order valence-corrected chi connectivity index (χ4v) is 1.70. The van der Waals surface area contributed by atoms with Crippen molar-refractivity contribution in [1.29, 1.82) is 0 Å². The Hall–Kier alpha value is -2.58. The Morgan fingerprint density at radius 3 is 3.10 bits per heavy atom. The summed E-state index contributed by atoms with van der Waals surface area (Å²) in [5, 5.41) is 11.5. The van der Waals surface area contributed by atoms with Gasteiger partial charge in [0.05, 0.1) is 6.33 Å². The number of imidazole rings is 1. The number of carbonyl (C=O) groups excluding carboxylic acids is 1. The number of benzene rings is 1. The minimum Gasteiger partial charge on any atom is -0.384 e. The van der Waals surface area contributed by atoms with Gasteiger partial charge in [0, 0.05) is 36.6 Å². The van der Waals surface area contributed by atoms with Crippen LogP contribution in [0.3, 0.4) is 0 Å².